The van der Waals surface area contributed by atoms with E-state index in [1.165, 1.54) is 11.3 Å². The SMILES string of the molecule is Cc1ccc(S(=O)(=O)NCc2ccnc(N3CCOCC3)n2)s1. The van der Waals surface area contributed by atoms with E-state index in [0.717, 1.165) is 18.0 Å². The van der Waals surface area contributed by atoms with Gasteiger partial charge in [-0.1, -0.05) is 0 Å². The monoisotopic (exact) mass is 354 g/mol. The number of aromatic nitrogens is 2. The fraction of sp³-hybridized carbons (Fsp3) is 0.429. The molecule has 1 aliphatic heterocycles. The molecule has 3 rings (SSSR count). The molecule has 1 fully saturated rings. The molecule has 0 bridgehead atoms. The third kappa shape index (κ3) is 4.05. The summed E-state index contributed by atoms with van der Waals surface area (Å²) in [4.78, 5) is 11.7. The van der Waals surface area contributed by atoms with Crippen LogP contribution >= 0.6 is 11.3 Å². The van der Waals surface area contributed by atoms with E-state index in [1.807, 2.05) is 11.8 Å². The number of anilines is 1. The van der Waals surface area contributed by atoms with Gasteiger partial charge in [0, 0.05) is 24.2 Å². The van der Waals surface area contributed by atoms with Crippen molar-refractivity contribution in [1.82, 2.24) is 14.7 Å². The maximum atomic E-state index is 12.2. The van der Waals surface area contributed by atoms with E-state index >= 15 is 0 Å². The summed E-state index contributed by atoms with van der Waals surface area (Å²) in [6.45, 7) is 4.80. The van der Waals surface area contributed by atoms with Crippen LogP contribution in [0, 0.1) is 6.92 Å². The van der Waals surface area contributed by atoms with E-state index in [2.05, 4.69) is 14.7 Å². The standard InChI is InChI=1S/C14H18N4O3S2/c1-11-2-3-13(22-11)23(19,20)16-10-12-4-5-15-14(17-12)18-6-8-21-9-7-18/h2-5,16H,6-10H2,1H3. The number of sulfonamides is 1. The molecule has 124 valence electrons. The largest absolute Gasteiger partial charge is 0.378 e. The highest BCUT2D eigenvalue weighted by Gasteiger charge is 2.17. The molecule has 2 aromatic rings. The van der Waals surface area contributed by atoms with Crippen LogP contribution in [0.1, 0.15) is 10.6 Å². The van der Waals surface area contributed by atoms with Crippen molar-refractivity contribution < 1.29 is 13.2 Å². The predicted octanol–water partition coefficient (Wildman–Crippen LogP) is 1.16. The minimum Gasteiger partial charge on any atom is -0.378 e. The fourth-order valence-electron chi connectivity index (χ4n) is 2.20. The highest BCUT2D eigenvalue weighted by atomic mass is 32.2. The number of nitrogens with zero attached hydrogens (tertiary/aromatic N) is 3. The van der Waals surface area contributed by atoms with Crippen LogP contribution in [0.2, 0.25) is 0 Å². The Hall–Kier alpha value is -1.55. The van der Waals surface area contributed by atoms with Crippen molar-refractivity contribution in [2.45, 2.75) is 17.7 Å². The molecule has 0 radical (unpaired) electrons. The third-order valence-corrected chi connectivity index (χ3v) is 6.31. The van der Waals surface area contributed by atoms with Gasteiger partial charge < -0.3 is 9.64 Å². The van der Waals surface area contributed by atoms with Crippen molar-refractivity contribution in [3.05, 3.63) is 35.0 Å². The van der Waals surface area contributed by atoms with Crippen LogP contribution in [0.3, 0.4) is 0 Å². The van der Waals surface area contributed by atoms with Crippen LogP contribution in [-0.2, 0) is 21.3 Å². The molecule has 0 spiro atoms. The van der Waals surface area contributed by atoms with Crippen molar-refractivity contribution in [2.24, 2.45) is 0 Å². The average Bonchev–Trinajstić information content (AvgIpc) is 3.02. The summed E-state index contributed by atoms with van der Waals surface area (Å²) in [7, 11) is -3.50. The van der Waals surface area contributed by atoms with Gasteiger partial charge in [-0.05, 0) is 25.1 Å². The molecular formula is C14H18N4O3S2. The maximum Gasteiger partial charge on any atom is 0.250 e. The van der Waals surface area contributed by atoms with Gasteiger partial charge in [0.15, 0.2) is 0 Å². The number of rotatable bonds is 5. The molecule has 0 amide bonds. The Labute approximate surface area is 139 Å². The fourth-order valence-corrected chi connectivity index (χ4v) is 4.52. The first-order chi connectivity index (χ1) is 11.0. The van der Waals surface area contributed by atoms with Gasteiger partial charge in [0.05, 0.1) is 25.5 Å². The topological polar surface area (TPSA) is 84.4 Å². The molecule has 0 saturated carbocycles. The Balaban J connectivity index is 1.68. The molecule has 3 heterocycles. The zero-order chi connectivity index (χ0) is 16.3. The summed E-state index contributed by atoms with van der Waals surface area (Å²) in [6, 6.07) is 5.12. The lowest BCUT2D eigenvalue weighted by Crippen LogP contribution is -2.37. The maximum absolute atomic E-state index is 12.2. The lowest BCUT2D eigenvalue weighted by Gasteiger charge is -2.26. The number of nitrogens with one attached hydrogen (secondary N) is 1. The van der Waals surface area contributed by atoms with Crippen molar-refractivity contribution in [2.75, 3.05) is 31.2 Å². The van der Waals surface area contributed by atoms with Gasteiger partial charge in [-0.2, -0.15) is 0 Å². The second kappa shape index (κ2) is 6.91. The first-order valence-electron chi connectivity index (χ1n) is 7.25. The minimum atomic E-state index is -3.50. The molecule has 1 saturated heterocycles. The Bertz CT molecular complexity index is 770. The van der Waals surface area contributed by atoms with Crippen molar-refractivity contribution in [1.29, 1.82) is 0 Å². The number of ether oxygens (including phenoxy) is 1. The van der Waals surface area contributed by atoms with Gasteiger partial charge in [0.25, 0.3) is 0 Å². The molecule has 1 aliphatic rings. The highest BCUT2D eigenvalue weighted by molar-refractivity contribution is 7.91. The van der Waals surface area contributed by atoms with Gasteiger partial charge in [-0.25, -0.2) is 23.1 Å². The Morgan fingerprint density at radius 2 is 2.09 bits per heavy atom. The minimum absolute atomic E-state index is 0.138. The van der Waals surface area contributed by atoms with Gasteiger partial charge >= 0.3 is 0 Å². The van der Waals surface area contributed by atoms with Crippen LogP contribution < -0.4 is 9.62 Å². The van der Waals surface area contributed by atoms with E-state index in [-0.39, 0.29) is 6.54 Å². The van der Waals surface area contributed by atoms with Gasteiger partial charge in [0.1, 0.15) is 4.21 Å². The summed E-state index contributed by atoms with van der Waals surface area (Å²) < 4.78 is 32.7. The zero-order valence-corrected chi connectivity index (χ0v) is 14.4. The molecule has 2 aromatic heterocycles. The van der Waals surface area contributed by atoms with Crippen LogP contribution in [0.15, 0.2) is 28.6 Å². The predicted molar refractivity (Wildman–Crippen MR) is 88.1 cm³/mol. The van der Waals surface area contributed by atoms with Crippen LogP contribution in [0.25, 0.3) is 0 Å². The second-order valence-electron chi connectivity index (χ2n) is 5.14. The lowest BCUT2D eigenvalue weighted by atomic mass is 10.4. The average molecular weight is 354 g/mol. The van der Waals surface area contributed by atoms with E-state index in [4.69, 9.17) is 4.74 Å². The van der Waals surface area contributed by atoms with E-state index in [9.17, 15) is 8.42 Å². The van der Waals surface area contributed by atoms with Crippen molar-refractivity contribution in [3.63, 3.8) is 0 Å². The summed E-state index contributed by atoms with van der Waals surface area (Å²) in [5.74, 6) is 0.608. The summed E-state index contributed by atoms with van der Waals surface area (Å²) in [6.07, 6.45) is 1.65. The molecule has 0 atom stereocenters. The number of hydrogen-bond acceptors (Lipinski definition) is 7. The van der Waals surface area contributed by atoms with Gasteiger partial charge in [-0.15, -0.1) is 11.3 Å². The normalized spacial score (nSPS) is 15.8. The molecule has 0 aromatic carbocycles. The molecule has 9 heteroatoms. The highest BCUT2D eigenvalue weighted by Crippen LogP contribution is 2.20. The Morgan fingerprint density at radius 3 is 2.78 bits per heavy atom. The van der Waals surface area contributed by atoms with Crippen molar-refractivity contribution in [3.8, 4) is 0 Å². The van der Waals surface area contributed by atoms with Crippen molar-refractivity contribution >= 4 is 27.3 Å². The zero-order valence-electron chi connectivity index (χ0n) is 12.7. The first kappa shape index (κ1) is 16.3. The number of aryl methyl sites for hydroxylation is 1. The molecule has 1 N–H and O–H groups in total. The summed E-state index contributed by atoms with van der Waals surface area (Å²) in [5, 5.41) is 0. The summed E-state index contributed by atoms with van der Waals surface area (Å²) in [5.41, 5.74) is 0.637. The smallest absolute Gasteiger partial charge is 0.250 e. The Kier molecular flexibility index (Phi) is 4.90. The Morgan fingerprint density at radius 1 is 1.30 bits per heavy atom. The number of hydrogen-bond donors (Lipinski definition) is 1. The van der Waals surface area contributed by atoms with E-state index in [1.54, 1.807) is 24.4 Å². The molecule has 0 unspecified atom stereocenters. The lowest BCUT2D eigenvalue weighted by molar-refractivity contribution is 0.122. The van der Waals surface area contributed by atoms with Gasteiger partial charge in [0.2, 0.25) is 16.0 Å². The van der Waals surface area contributed by atoms with E-state index < -0.39 is 10.0 Å². The quantitative estimate of drug-likeness (QED) is 0.867. The molecule has 23 heavy (non-hydrogen) atoms. The number of morpholine rings is 1. The van der Waals surface area contributed by atoms with Crippen LogP contribution in [0.4, 0.5) is 5.95 Å². The van der Waals surface area contributed by atoms with Gasteiger partial charge in [-0.3, -0.25) is 0 Å². The van der Waals surface area contributed by atoms with Crippen LogP contribution in [-0.4, -0.2) is 44.7 Å². The van der Waals surface area contributed by atoms with Crippen LogP contribution in [0.5, 0.6) is 0 Å². The third-order valence-electron chi connectivity index (χ3n) is 3.42. The number of thiophene rings is 1. The second-order valence-corrected chi connectivity index (χ2v) is 8.42. The van der Waals surface area contributed by atoms with E-state index in [0.29, 0.717) is 29.1 Å². The summed E-state index contributed by atoms with van der Waals surface area (Å²) >= 11 is 1.25. The molecule has 7 nitrogen and oxygen atoms in total. The molecule has 0 aliphatic carbocycles. The molecular weight excluding hydrogens is 336 g/mol. The first-order valence-corrected chi connectivity index (χ1v) is 9.55.